The van der Waals surface area contributed by atoms with Gasteiger partial charge in [0.05, 0.1) is 6.61 Å². The summed E-state index contributed by atoms with van der Waals surface area (Å²) in [5.74, 6) is 0.552. The quantitative estimate of drug-likeness (QED) is 0.633. The summed E-state index contributed by atoms with van der Waals surface area (Å²) in [6.45, 7) is 10.6. The van der Waals surface area contributed by atoms with Crippen LogP contribution in [-0.4, -0.2) is 30.0 Å². The zero-order valence-electron chi connectivity index (χ0n) is 11.8. The highest BCUT2D eigenvalue weighted by atomic mass is 16.5. The zero-order valence-corrected chi connectivity index (χ0v) is 11.8. The van der Waals surface area contributed by atoms with Crippen LogP contribution in [0.4, 0.5) is 5.69 Å². The first-order chi connectivity index (χ1) is 8.99. The van der Waals surface area contributed by atoms with Gasteiger partial charge in [-0.05, 0) is 32.9 Å². The van der Waals surface area contributed by atoms with E-state index in [0.29, 0.717) is 30.2 Å². The first-order valence-corrected chi connectivity index (χ1v) is 6.44. The highest BCUT2D eigenvalue weighted by Gasteiger charge is 2.18. The maximum absolute atomic E-state index is 12.5. The number of nitrogens with two attached hydrogens (primary N) is 1. The number of carbonyl (C=O) groups excluding carboxylic acids is 1. The minimum atomic E-state index is -0.0665. The van der Waals surface area contributed by atoms with E-state index < -0.39 is 0 Å². The Labute approximate surface area is 114 Å². The Morgan fingerprint density at radius 2 is 2.16 bits per heavy atom. The van der Waals surface area contributed by atoms with Crippen molar-refractivity contribution in [1.82, 2.24) is 4.90 Å². The minimum Gasteiger partial charge on any atom is -0.494 e. The second-order valence-electron chi connectivity index (χ2n) is 4.56. The smallest absolute Gasteiger partial charge is 0.254 e. The molecule has 0 radical (unpaired) electrons. The SMILES string of the molecule is C=CCN(C(=O)c1cc(N)cc(OCC)c1)C(C)C. The molecule has 1 aromatic rings. The molecule has 19 heavy (non-hydrogen) atoms. The van der Waals surface area contributed by atoms with E-state index in [4.69, 9.17) is 10.5 Å². The van der Waals surface area contributed by atoms with Crippen LogP contribution in [0.3, 0.4) is 0 Å². The molecule has 1 rings (SSSR count). The van der Waals surface area contributed by atoms with Crippen molar-refractivity contribution in [2.24, 2.45) is 0 Å². The fraction of sp³-hybridized carbons (Fsp3) is 0.400. The van der Waals surface area contributed by atoms with Gasteiger partial charge in [0.2, 0.25) is 0 Å². The lowest BCUT2D eigenvalue weighted by atomic mass is 10.1. The number of carbonyl (C=O) groups is 1. The lowest BCUT2D eigenvalue weighted by Gasteiger charge is -2.25. The van der Waals surface area contributed by atoms with Crippen molar-refractivity contribution in [3.63, 3.8) is 0 Å². The number of amides is 1. The molecule has 0 bridgehead atoms. The van der Waals surface area contributed by atoms with Gasteiger partial charge in [0.1, 0.15) is 5.75 Å². The molecule has 1 aromatic carbocycles. The van der Waals surface area contributed by atoms with Crippen LogP contribution in [-0.2, 0) is 0 Å². The van der Waals surface area contributed by atoms with Crippen LogP contribution >= 0.6 is 0 Å². The second kappa shape index (κ2) is 6.83. The van der Waals surface area contributed by atoms with Gasteiger partial charge in [-0.2, -0.15) is 0 Å². The molecule has 0 spiro atoms. The van der Waals surface area contributed by atoms with Gasteiger partial charge in [0.25, 0.3) is 5.91 Å². The third kappa shape index (κ3) is 4.02. The van der Waals surface area contributed by atoms with E-state index >= 15 is 0 Å². The molecule has 0 heterocycles. The fourth-order valence-electron chi connectivity index (χ4n) is 1.83. The van der Waals surface area contributed by atoms with Crippen LogP contribution in [0, 0.1) is 0 Å². The van der Waals surface area contributed by atoms with Gasteiger partial charge in [-0.3, -0.25) is 4.79 Å². The molecule has 0 fully saturated rings. The van der Waals surface area contributed by atoms with E-state index in [-0.39, 0.29) is 11.9 Å². The van der Waals surface area contributed by atoms with Crippen LogP contribution in [0.15, 0.2) is 30.9 Å². The predicted molar refractivity (Wildman–Crippen MR) is 78.4 cm³/mol. The Bertz CT molecular complexity index is 455. The van der Waals surface area contributed by atoms with Gasteiger partial charge in [-0.1, -0.05) is 6.08 Å². The first-order valence-electron chi connectivity index (χ1n) is 6.44. The van der Waals surface area contributed by atoms with E-state index in [9.17, 15) is 4.79 Å². The lowest BCUT2D eigenvalue weighted by molar-refractivity contribution is 0.0728. The molecule has 0 saturated carbocycles. The van der Waals surface area contributed by atoms with E-state index in [1.54, 1.807) is 29.2 Å². The zero-order chi connectivity index (χ0) is 14.4. The monoisotopic (exact) mass is 262 g/mol. The minimum absolute atomic E-state index is 0.0665. The van der Waals surface area contributed by atoms with Crippen molar-refractivity contribution in [2.75, 3.05) is 18.9 Å². The average molecular weight is 262 g/mol. The highest BCUT2D eigenvalue weighted by molar-refractivity contribution is 5.95. The van der Waals surface area contributed by atoms with Gasteiger partial charge < -0.3 is 15.4 Å². The standard InChI is InChI=1S/C15H22N2O2/c1-5-7-17(11(3)4)15(18)12-8-13(16)10-14(9-12)19-6-2/h5,8-11H,1,6-7,16H2,2-4H3. The summed E-state index contributed by atoms with van der Waals surface area (Å²) >= 11 is 0. The summed E-state index contributed by atoms with van der Waals surface area (Å²) in [4.78, 5) is 14.2. The van der Waals surface area contributed by atoms with Crippen LogP contribution in [0.1, 0.15) is 31.1 Å². The van der Waals surface area contributed by atoms with Crippen LogP contribution in [0.2, 0.25) is 0 Å². The molecule has 1 amide bonds. The normalized spacial score (nSPS) is 10.3. The molecule has 2 N–H and O–H groups in total. The summed E-state index contributed by atoms with van der Waals surface area (Å²) in [7, 11) is 0. The van der Waals surface area contributed by atoms with Gasteiger partial charge in [-0.15, -0.1) is 6.58 Å². The molecule has 104 valence electrons. The van der Waals surface area contributed by atoms with Crippen molar-refractivity contribution >= 4 is 11.6 Å². The Kier molecular flexibility index (Phi) is 5.42. The maximum atomic E-state index is 12.5. The predicted octanol–water partition coefficient (Wildman–Crippen LogP) is 2.70. The topological polar surface area (TPSA) is 55.6 Å². The van der Waals surface area contributed by atoms with Crippen molar-refractivity contribution < 1.29 is 9.53 Å². The number of ether oxygens (including phenoxy) is 1. The highest BCUT2D eigenvalue weighted by Crippen LogP contribution is 2.21. The second-order valence-corrected chi connectivity index (χ2v) is 4.56. The average Bonchev–Trinajstić information content (AvgIpc) is 2.34. The Balaban J connectivity index is 3.06. The van der Waals surface area contributed by atoms with Crippen molar-refractivity contribution in [2.45, 2.75) is 26.8 Å². The van der Waals surface area contributed by atoms with Gasteiger partial charge in [0, 0.05) is 29.9 Å². The number of nitrogen functional groups attached to an aromatic ring is 1. The van der Waals surface area contributed by atoms with E-state index in [1.807, 2.05) is 20.8 Å². The fourth-order valence-corrected chi connectivity index (χ4v) is 1.83. The molecule has 0 aliphatic rings. The van der Waals surface area contributed by atoms with Gasteiger partial charge >= 0.3 is 0 Å². The summed E-state index contributed by atoms with van der Waals surface area (Å²) < 4.78 is 5.41. The molecule has 0 aliphatic carbocycles. The van der Waals surface area contributed by atoms with E-state index in [1.165, 1.54) is 0 Å². The van der Waals surface area contributed by atoms with E-state index in [0.717, 1.165) is 0 Å². The molecule has 4 nitrogen and oxygen atoms in total. The number of benzene rings is 1. The molecule has 0 aromatic heterocycles. The Morgan fingerprint density at radius 3 is 2.68 bits per heavy atom. The van der Waals surface area contributed by atoms with Crippen molar-refractivity contribution in [3.8, 4) is 5.75 Å². The number of hydrogen-bond donors (Lipinski definition) is 1. The number of nitrogens with zero attached hydrogens (tertiary/aromatic N) is 1. The molecule has 0 atom stereocenters. The third-order valence-electron chi connectivity index (χ3n) is 2.70. The maximum Gasteiger partial charge on any atom is 0.254 e. The Hall–Kier alpha value is -1.97. The largest absolute Gasteiger partial charge is 0.494 e. The van der Waals surface area contributed by atoms with Crippen molar-refractivity contribution in [1.29, 1.82) is 0 Å². The number of anilines is 1. The summed E-state index contributed by atoms with van der Waals surface area (Å²) in [6, 6.07) is 5.21. The Morgan fingerprint density at radius 1 is 1.47 bits per heavy atom. The molecule has 0 saturated heterocycles. The van der Waals surface area contributed by atoms with Gasteiger partial charge in [-0.25, -0.2) is 0 Å². The summed E-state index contributed by atoms with van der Waals surface area (Å²) in [6.07, 6.45) is 1.72. The van der Waals surface area contributed by atoms with Crippen LogP contribution < -0.4 is 10.5 Å². The molecule has 0 unspecified atom stereocenters. The molecular weight excluding hydrogens is 240 g/mol. The van der Waals surface area contributed by atoms with E-state index in [2.05, 4.69) is 6.58 Å². The summed E-state index contributed by atoms with van der Waals surface area (Å²) in [5.41, 5.74) is 6.87. The first kappa shape index (κ1) is 15.1. The number of rotatable bonds is 6. The molecule has 0 aliphatic heterocycles. The van der Waals surface area contributed by atoms with Crippen LogP contribution in [0.25, 0.3) is 0 Å². The van der Waals surface area contributed by atoms with Gasteiger partial charge in [0.15, 0.2) is 0 Å². The number of hydrogen-bond acceptors (Lipinski definition) is 3. The molecule has 4 heteroatoms. The third-order valence-corrected chi connectivity index (χ3v) is 2.70. The molecular formula is C15H22N2O2. The van der Waals surface area contributed by atoms with Crippen LogP contribution in [0.5, 0.6) is 5.75 Å². The lowest BCUT2D eigenvalue weighted by Crippen LogP contribution is -2.37. The summed E-state index contributed by atoms with van der Waals surface area (Å²) in [5, 5.41) is 0. The van der Waals surface area contributed by atoms with Crippen molar-refractivity contribution in [3.05, 3.63) is 36.4 Å².